The van der Waals surface area contributed by atoms with E-state index in [1.807, 2.05) is 6.92 Å². The van der Waals surface area contributed by atoms with Crippen LogP contribution in [0.2, 0.25) is 0 Å². The van der Waals surface area contributed by atoms with Crippen molar-refractivity contribution >= 4 is 11.6 Å². The minimum Gasteiger partial charge on any atom is -0.379 e. The predicted octanol–water partition coefficient (Wildman–Crippen LogP) is 2.41. The lowest BCUT2D eigenvalue weighted by Crippen LogP contribution is -2.29. The molecule has 0 saturated carbocycles. The van der Waals surface area contributed by atoms with E-state index in [4.69, 9.17) is 16.3 Å². The third-order valence-electron chi connectivity index (χ3n) is 2.18. The topological polar surface area (TPSA) is 21.3 Å². The predicted molar refractivity (Wildman–Crippen MR) is 58.5 cm³/mol. The summed E-state index contributed by atoms with van der Waals surface area (Å²) >= 11 is 5.81. The molecule has 0 aromatic carbocycles. The molecule has 0 spiro atoms. The maximum Gasteiger partial charge on any atom is 0.0634 e. The smallest absolute Gasteiger partial charge is 0.0634 e. The number of methoxy groups -OCH3 is 1. The average molecular weight is 208 g/mol. The Kier molecular flexibility index (Phi) is 6.74. The zero-order chi connectivity index (χ0) is 10.3. The van der Waals surface area contributed by atoms with E-state index in [1.165, 1.54) is 0 Å². The lowest BCUT2D eigenvalue weighted by atomic mass is 10.1. The van der Waals surface area contributed by atoms with E-state index in [0.29, 0.717) is 0 Å². The molecule has 0 aliphatic heterocycles. The van der Waals surface area contributed by atoms with Crippen LogP contribution in [0.1, 0.15) is 33.6 Å². The van der Waals surface area contributed by atoms with Gasteiger partial charge in [0.15, 0.2) is 0 Å². The van der Waals surface area contributed by atoms with Gasteiger partial charge in [-0.3, -0.25) is 0 Å². The summed E-state index contributed by atoms with van der Waals surface area (Å²) in [6, 6.07) is 0. The fourth-order valence-corrected chi connectivity index (χ4v) is 1.03. The number of rotatable bonds is 7. The highest BCUT2D eigenvalue weighted by molar-refractivity contribution is 6.20. The number of alkyl halides is 1. The molecule has 80 valence electrons. The van der Waals surface area contributed by atoms with Crippen molar-refractivity contribution < 1.29 is 4.74 Å². The summed E-state index contributed by atoms with van der Waals surface area (Å²) in [5, 5.41) is 3.61. The minimum absolute atomic E-state index is 0.0143. The maximum atomic E-state index is 5.81. The second-order valence-corrected chi connectivity index (χ2v) is 4.78. The molecule has 3 heteroatoms. The highest BCUT2D eigenvalue weighted by Crippen LogP contribution is 2.11. The fourth-order valence-electron chi connectivity index (χ4n) is 0.917. The zero-order valence-corrected chi connectivity index (χ0v) is 9.95. The van der Waals surface area contributed by atoms with Crippen molar-refractivity contribution in [3.63, 3.8) is 0 Å². The second kappa shape index (κ2) is 6.63. The van der Waals surface area contributed by atoms with Gasteiger partial charge in [-0.05, 0) is 46.7 Å². The van der Waals surface area contributed by atoms with Crippen LogP contribution in [0.25, 0.3) is 0 Å². The van der Waals surface area contributed by atoms with Crippen molar-refractivity contribution in [1.82, 2.24) is 5.32 Å². The molecule has 1 unspecified atom stereocenters. The van der Waals surface area contributed by atoms with E-state index in [0.717, 1.165) is 25.9 Å². The van der Waals surface area contributed by atoms with Gasteiger partial charge >= 0.3 is 0 Å². The molecule has 0 fully saturated rings. The lowest BCUT2D eigenvalue weighted by molar-refractivity contribution is 0.0159. The molecule has 0 rings (SSSR count). The van der Waals surface area contributed by atoms with Gasteiger partial charge in [-0.15, -0.1) is 11.6 Å². The quantitative estimate of drug-likeness (QED) is 0.512. The van der Waals surface area contributed by atoms with Crippen molar-refractivity contribution in [2.45, 2.75) is 44.6 Å². The molecule has 0 aromatic rings. The van der Waals surface area contributed by atoms with Crippen LogP contribution in [0, 0.1) is 0 Å². The molecule has 1 N–H and O–H groups in total. The summed E-state index contributed by atoms with van der Waals surface area (Å²) in [7, 11) is 1.75. The molecular formula is C10H22ClNO. The van der Waals surface area contributed by atoms with Gasteiger partial charge in [0.2, 0.25) is 0 Å². The first kappa shape index (κ1) is 13.2. The summed E-state index contributed by atoms with van der Waals surface area (Å²) < 4.78 is 5.30. The van der Waals surface area contributed by atoms with Crippen molar-refractivity contribution in [3.8, 4) is 0 Å². The van der Waals surface area contributed by atoms with Crippen LogP contribution in [0.3, 0.4) is 0 Å². The maximum absolute atomic E-state index is 5.81. The Morgan fingerprint density at radius 3 is 2.46 bits per heavy atom. The Morgan fingerprint density at radius 2 is 2.00 bits per heavy atom. The Morgan fingerprint density at radius 1 is 1.38 bits per heavy atom. The van der Waals surface area contributed by atoms with Gasteiger partial charge in [0, 0.05) is 12.5 Å². The normalized spacial score (nSPS) is 14.5. The van der Waals surface area contributed by atoms with Gasteiger partial charge in [0.25, 0.3) is 0 Å². The van der Waals surface area contributed by atoms with Crippen LogP contribution in [0.4, 0.5) is 0 Å². The van der Waals surface area contributed by atoms with E-state index in [9.17, 15) is 0 Å². The Balaban J connectivity index is 3.26. The number of nitrogens with one attached hydrogen (secondary N) is 1. The van der Waals surface area contributed by atoms with Gasteiger partial charge in [-0.25, -0.2) is 0 Å². The first-order valence-corrected chi connectivity index (χ1v) is 5.31. The van der Waals surface area contributed by atoms with Crippen molar-refractivity contribution in [2.75, 3.05) is 20.2 Å². The number of hydrogen-bond acceptors (Lipinski definition) is 2. The number of hydrogen-bond donors (Lipinski definition) is 1. The first-order valence-electron chi connectivity index (χ1n) is 4.88. The molecule has 0 amide bonds. The number of ether oxygens (including phenoxy) is 1. The summed E-state index contributed by atoms with van der Waals surface area (Å²) in [5.74, 6) is 0. The van der Waals surface area contributed by atoms with Gasteiger partial charge in [0.05, 0.1) is 5.60 Å². The largest absolute Gasteiger partial charge is 0.379 e. The molecular weight excluding hydrogens is 186 g/mol. The first-order chi connectivity index (χ1) is 5.98. The van der Waals surface area contributed by atoms with Crippen LogP contribution in [0.15, 0.2) is 0 Å². The van der Waals surface area contributed by atoms with Gasteiger partial charge in [-0.2, -0.15) is 0 Å². The van der Waals surface area contributed by atoms with E-state index in [2.05, 4.69) is 19.2 Å². The third-order valence-corrected chi connectivity index (χ3v) is 2.39. The van der Waals surface area contributed by atoms with Crippen LogP contribution >= 0.6 is 11.6 Å². The Labute approximate surface area is 87.0 Å². The molecule has 2 nitrogen and oxygen atoms in total. The molecule has 0 aliphatic carbocycles. The lowest BCUT2D eigenvalue weighted by Gasteiger charge is -2.22. The van der Waals surface area contributed by atoms with Gasteiger partial charge in [0.1, 0.15) is 0 Å². The van der Waals surface area contributed by atoms with Crippen LogP contribution in [-0.2, 0) is 4.74 Å². The molecule has 0 saturated heterocycles. The summed E-state index contributed by atoms with van der Waals surface area (Å²) in [6.07, 6.45) is 2.05. The highest BCUT2D eigenvalue weighted by atomic mass is 35.5. The summed E-state index contributed by atoms with van der Waals surface area (Å²) in [6.45, 7) is 8.19. The molecule has 1 atom stereocenters. The van der Waals surface area contributed by atoms with Gasteiger partial charge < -0.3 is 10.1 Å². The van der Waals surface area contributed by atoms with Crippen LogP contribution < -0.4 is 5.32 Å². The molecule has 0 aliphatic rings. The third kappa shape index (κ3) is 8.54. The van der Waals surface area contributed by atoms with E-state index < -0.39 is 0 Å². The van der Waals surface area contributed by atoms with Crippen molar-refractivity contribution in [3.05, 3.63) is 0 Å². The van der Waals surface area contributed by atoms with E-state index >= 15 is 0 Å². The second-order valence-electron chi connectivity index (χ2n) is 4.03. The molecule has 0 aromatic heterocycles. The Bertz CT molecular complexity index is 126. The monoisotopic (exact) mass is 207 g/mol. The average Bonchev–Trinajstić information content (AvgIpc) is 2.03. The fraction of sp³-hybridized carbons (Fsp3) is 1.00. The summed E-state index contributed by atoms with van der Waals surface area (Å²) in [5.41, 5.74) is -0.0143. The minimum atomic E-state index is -0.0143. The SMILES string of the molecule is COC(C)(C)CCNCCC(C)Cl. The van der Waals surface area contributed by atoms with E-state index in [-0.39, 0.29) is 11.0 Å². The highest BCUT2D eigenvalue weighted by Gasteiger charge is 2.14. The summed E-state index contributed by atoms with van der Waals surface area (Å²) in [4.78, 5) is 0. The molecule has 13 heavy (non-hydrogen) atoms. The molecule has 0 heterocycles. The van der Waals surface area contributed by atoms with E-state index in [1.54, 1.807) is 7.11 Å². The van der Waals surface area contributed by atoms with Crippen LogP contribution in [0.5, 0.6) is 0 Å². The van der Waals surface area contributed by atoms with Crippen molar-refractivity contribution in [1.29, 1.82) is 0 Å². The van der Waals surface area contributed by atoms with Gasteiger partial charge in [-0.1, -0.05) is 0 Å². The molecule has 0 bridgehead atoms. The van der Waals surface area contributed by atoms with Crippen molar-refractivity contribution in [2.24, 2.45) is 0 Å². The van der Waals surface area contributed by atoms with Crippen LogP contribution in [-0.4, -0.2) is 31.2 Å². The Hall–Kier alpha value is 0.210. The zero-order valence-electron chi connectivity index (χ0n) is 9.19. The standard InChI is InChI=1S/C10H22ClNO/c1-9(11)5-7-12-8-6-10(2,3)13-4/h9,12H,5-8H2,1-4H3. The molecule has 0 radical (unpaired) electrons. The number of halogens is 1.